The zero-order valence-corrected chi connectivity index (χ0v) is 28.5. The number of thiophene rings is 1. The first-order chi connectivity index (χ1) is 22.9. The summed E-state index contributed by atoms with van der Waals surface area (Å²) in [6, 6.07) is 14.9. The van der Waals surface area contributed by atoms with Gasteiger partial charge >= 0.3 is 6.09 Å². The second kappa shape index (κ2) is 12.6. The Morgan fingerprint density at radius 3 is 2.54 bits per heavy atom. The molecule has 1 atom stereocenters. The van der Waals surface area contributed by atoms with Crippen LogP contribution >= 0.6 is 23.1 Å². The van der Waals surface area contributed by atoms with Gasteiger partial charge < -0.3 is 19.5 Å². The Morgan fingerprint density at radius 2 is 1.85 bits per heavy atom. The molecule has 0 spiro atoms. The molecule has 3 aromatic carbocycles. The van der Waals surface area contributed by atoms with Gasteiger partial charge in [-0.25, -0.2) is 18.0 Å². The summed E-state index contributed by atoms with van der Waals surface area (Å²) < 4.78 is 59.7. The summed E-state index contributed by atoms with van der Waals surface area (Å²) in [4.78, 5) is 13.9. The van der Waals surface area contributed by atoms with Crippen molar-refractivity contribution in [3.05, 3.63) is 72.2 Å². The van der Waals surface area contributed by atoms with E-state index in [1.54, 1.807) is 11.8 Å². The van der Waals surface area contributed by atoms with Gasteiger partial charge in [-0.1, -0.05) is 6.07 Å². The van der Waals surface area contributed by atoms with E-state index in [2.05, 4.69) is 13.8 Å². The molecular formula is C36H36F3N3O4S2. The molecule has 0 radical (unpaired) electrons. The fourth-order valence-corrected chi connectivity index (χ4v) is 9.11. The Hall–Kier alpha value is -3.74. The van der Waals surface area contributed by atoms with E-state index >= 15 is 0 Å². The summed E-state index contributed by atoms with van der Waals surface area (Å²) >= 11 is 2.93. The maximum atomic E-state index is 15.0. The van der Waals surface area contributed by atoms with Crippen LogP contribution in [0.15, 0.2) is 65.7 Å². The molecule has 2 aliphatic heterocycles. The normalized spacial score (nSPS) is 17.6. The monoisotopic (exact) mass is 695 g/mol. The molecule has 2 aromatic heterocycles. The highest BCUT2D eigenvalue weighted by Crippen LogP contribution is 2.51. The molecule has 2 saturated heterocycles. The van der Waals surface area contributed by atoms with Gasteiger partial charge in [0.1, 0.15) is 11.6 Å². The smallest absolute Gasteiger partial charge is 0.407 e. The lowest BCUT2D eigenvalue weighted by atomic mass is 9.93. The summed E-state index contributed by atoms with van der Waals surface area (Å²) in [5, 5.41) is 15.7. The van der Waals surface area contributed by atoms with Crippen LogP contribution < -0.4 is 4.74 Å². The van der Waals surface area contributed by atoms with E-state index in [4.69, 9.17) is 19.7 Å². The molecule has 1 unspecified atom stereocenters. The fraction of sp³-hybridized carbons (Fsp3) is 0.389. The number of ether oxygens (including phenoxy) is 2. The highest BCUT2D eigenvalue weighted by Gasteiger charge is 2.34. The van der Waals surface area contributed by atoms with Crippen LogP contribution in [0.3, 0.4) is 0 Å². The molecule has 0 saturated carbocycles. The first-order valence-corrected chi connectivity index (χ1v) is 17.7. The quantitative estimate of drug-likeness (QED) is 0.165. The van der Waals surface area contributed by atoms with Crippen molar-refractivity contribution in [3.63, 3.8) is 0 Å². The number of carboxylic acid groups (broad SMARTS) is 1. The molecule has 252 valence electrons. The van der Waals surface area contributed by atoms with Gasteiger partial charge in [-0.05, 0) is 88.1 Å². The first-order valence-electron chi connectivity index (χ1n) is 16.0. The van der Waals surface area contributed by atoms with Crippen LogP contribution in [0.2, 0.25) is 0 Å². The third kappa shape index (κ3) is 6.37. The van der Waals surface area contributed by atoms with Crippen LogP contribution in [0.5, 0.6) is 11.5 Å². The minimum absolute atomic E-state index is 0.163. The highest BCUT2D eigenvalue weighted by atomic mass is 32.2. The van der Waals surface area contributed by atoms with E-state index in [0.717, 1.165) is 71.2 Å². The Balaban J connectivity index is 1.28. The number of likely N-dealkylation sites (tertiary alicyclic amines) is 1. The maximum absolute atomic E-state index is 15.0. The van der Waals surface area contributed by atoms with Crippen LogP contribution in [-0.2, 0) is 16.2 Å². The van der Waals surface area contributed by atoms with Crippen molar-refractivity contribution >= 4 is 50.2 Å². The zero-order chi connectivity index (χ0) is 33.8. The van der Waals surface area contributed by atoms with Crippen molar-refractivity contribution in [2.75, 3.05) is 19.7 Å². The average Bonchev–Trinajstić information content (AvgIpc) is 3.62. The van der Waals surface area contributed by atoms with E-state index in [1.165, 1.54) is 28.4 Å². The molecule has 1 amide bonds. The number of hydrogen-bond acceptors (Lipinski definition) is 6. The minimum Gasteiger partial charge on any atom is -0.465 e. The van der Waals surface area contributed by atoms with Crippen LogP contribution in [0, 0.1) is 5.82 Å². The topological polar surface area (TPSA) is 76.8 Å². The van der Waals surface area contributed by atoms with Gasteiger partial charge in [0.2, 0.25) is 0 Å². The Kier molecular flexibility index (Phi) is 8.62. The largest absolute Gasteiger partial charge is 0.465 e. The van der Waals surface area contributed by atoms with E-state index in [1.807, 2.05) is 47.3 Å². The van der Waals surface area contributed by atoms with E-state index < -0.39 is 23.4 Å². The first kappa shape index (κ1) is 32.8. The van der Waals surface area contributed by atoms with Crippen molar-refractivity contribution in [1.29, 1.82) is 0 Å². The zero-order valence-electron chi connectivity index (χ0n) is 26.8. The van der Waals surface area contributed by atoms with E-state index in [9.17, 15) is 18.0 Å². The summed E-state index contributed by atoms with van der Waals surface area (Å²) in [5.74, 6) is -3.12. The van der Waals surface area contributed by atoms with Gasteiger partial charge in [0.05, 0.1) is 28.2 Å². The lowest BCUT2D eigenvalue weighted by Gasteiger charge is -2.36. The Bertz CT molecular complexity index is 1970. The SMILES string of the molecule is CC(F)(F)c1cc(F)ccc1-c1sc2c(ccc3c2cnn3C(C)(C)CC2CCCCO2)c1Oc1ccc(SC2CN(C(=O)O)C2)cc1. The number of hydrogen-bond donors (Lipinski definition) is 1. The van der Waals surface area contributed by atoms with Crippen molar-refractivity contribution in [1.82, 2.24) is 14.7 Å². The molecule has 1 N–H and O–H groups in total. The summed E-state index contributed by atoms with van der Waals surface area (Å²) in [5.41, 5.74) is 0.371. The van der Waals surface area contributed by atoms with Crippen LogP contribution in [0.1, 0.15) is 52.0 Å². The van der Waals surface area contributed by atoms with Gasteiger partial charge in [0, 0.05) is 63.4 Å². The van der Waals surface area contributed by atoms with Crippen molar-refractivity contribution in [2.24, 2.45) is 0 Å². The third-order valence-corrected chi connectivity index (χ3v) is 11.5. The molecule has 5 aromatic rings. The van der Waals surface area contributed by atoms with Crippen molar-refractivity contribution in [3.8, 4) is 21.9 Å². The predicted octanol–water partition coefficient (Wildman–Crippen LogP) is 10.1. The molecule has 0 aliphatic carbocycles. The van der Waals surface area contributed by atoms with Gasteiger partial charge in [0.25, 0.3) is 5.92 Å². The van der Waals surface area contributed by atoms with Crippen molar-refractivity contribution in [2.45, 2.75) is 74.2 Å². The van der Waals surface area contributed by atoms with Crippen LogP contribution in [0.4, 0.5) is 18.0 Å². The van der Waals surface area contributed by atoms with Gasteiger partial charge in [-0.3, -0.25) is 4.68 Å². The third-order valence-electron chi connectivity index (χ3n) is 9.10. The van der Waals surface area contributed by atoms with E-state index in [-0.39, 0.29) is 22.5 Å². The standard InChI is InChI=1S/C36H36F3N3O4S2/c1-35(2,17-23-6-4-5-15-45-23)42-30-14-13-27-31(46-22-8-10-24(11-9-22)47-25-19-41(20-25)34(43)44)33(48-32(27)28(30)18-40-42)26-12-7-21(37)16-29(26)36(3,38)39/h7-14,16,18,23,25H,4-6,15,17,19-20H2,1-3H3,(H,43,44). The Labute approximate surface area is 284 Å². The average molecular weight is 696 g/mol. The molecule has 2 fully saturated rings. The van der Waals surface area contributed by atoms with E-state index in [0.29, 0.717) is 29.5 Å². The number of aromatic nitrogens is 2. The van der Waals surface area contributed by atoms with Gasteiger partial charge in [-0.15, -0.1) is 23.1 Å². The number of halogens is 3. The van der Waals surface area contributed by atoms with Gasteiger partial charge in [0.15, 0.2) is 5.75 Å². The lowest BCUT2D eigenvalue weighted by Crippen LogP contribution is -2.51. The number of fused-ring (bicyclic) bond motifs is 3. The van der Waals surface area contributed by atoms with Crippen LogP contribution in [-0.4, -0.2) is 56.9 Å². The molecular weight excluding hydrogens is 660 g/mol. The molecule has 48 heavy (non-hydrogen) atoms. The number of thioether (sulfide) groups is 1. The number of carbonyl (C=O) groups is 1. The van der Waals surface area contributed by atoms with Crippen molar-refractivity contribution < 1.29 is 32.5 Å². The number of alkyl halides is 2. The van der Waals surface area contributed by atoms with Crippen LogP contribution in [0.25, 0.3) is 31.4 Å². The molecule has 2 aliphatic rings. The van der Waals surface area contributed by atoms with Gasteiger partial charge in [-0.2, -0.15) is 5.10 Å². The lowest BCUT2D eigenvalue weighted by molar-refractivity contribution is -0.00873. The second-order valence-corrected chi connectivity index (χ2v) is 15.7. The number of rotatable bonds is 9. The second-order valence-electron chi connectivity index (χ2n) is 13.3. The highest BCUT2D eigenvalue weighted by molar-refractivity contribution is 8.00. The number of nitrogens with zero attached hydrogens (tertiary/aromatic N) is 3. The molecule has 0 bridgehead atoms. The molecule has 7 nitrogen and oxygen atoms in total. The number of amides is 1. The fourth-order valence-electron chi connectivity index (χ4n) is 6.65. The Morgan fingerprint density at radius 1 is 1.08 bits per heavy atom. The molecule has 7 rings (SSSR count). The molecule has 4 heterocycles. The predicted molar refractivity (Wildman–Crippen MR) is 183 cm³/mol. The summed E-state index contributed by atoms with van der Waals surface area (Å²) in [6.07, 6.45) is 5.14. The number of benzene rings is 3. The maximum Gasteiger partial charge on any atom is 0.407 e. The summed E-state index contributed by atoms with van der Waals surface area (Å²) in [6.45, 7) is 6.80. The molecule has 12 heteroatoms. The minimum atomic E-state index is -3.30. The summed E-state index contributed by atoms with van der Waals surface area (Å²) in [7, 11) is 0.